The normalized spacial score (nSPS) is 28.2. The number of Topliss-reactive ketones (excluding diaryl/α,β-unsaturated/α-hetero) is 1. The predicted octanol–water partition coefficient (Wildman–Crippen LogP) is 1.85. The highest BCUT2D eigenvalue weighted by Crippen LogP contribution is 2.28. The number of carbonyl (C=O) groups excluding carboxylic acids is 1. The van der Waals surface area contributed by atoms with Crippen LogP contribution in [0.4, 0.5) is 0 Å². The van der Waals surface area contributed by atoms with Crippen molar-refractivity contribution in [2.24, 2.45) is 0 Å². The van der Waals surface area contributed by atoms with E-state index in [1.54, 1.807) is 0 Å². The molecule has 0 radical (unpaired) electrons. The second-order valence-corrected chi connectivity index (χ2v) is 4.58. The van der Waals surface area contributed by atoms with Gasteiger partial charge in [0.25, 0.3) is 0 Å². The molecule has 0 aromatic rings. The number of ketones is 1. The minimum Gasteiger partial charge on any atom is -0.299 e. The molecule has 0 N–H and O–H groups in total. The van der Waals surface area contributed by atoms with Crippen molar-refractivity contribution < 1.29 is 14.6 Å². The molecule has 0 spiro atoms. The maximum atomic E-state index is 11.4. The molecule has 1 rings (SSSR count). The highest BCUT2D eigenvalue weighted by Gasteiger charge is 2.35. The second-order valence-electron chi connectivity index (χ2n) is 4.58. The second kappa shape index (κ2) is 2.82. The summed E-state index contributed by atoms with van der Waals surface area (Å²) >= 11 is 0. The minimum absolute atomic E-state index is 0.197. The van der Waals surface area contributed by atoms with Crippen LogP contribution < -0.4 is 0 Å². The molecule has 1 aliphatic rings. The SMILES string of the molecule is CC1(C)CC(=O)CC(C)(C)OO1. The van der Waals surface area contributed by atoms with E-state index in [4.69, 9.17) is 9.78 Å². The van der Waals surface area contributed by atoms with E-state index in [0.717, 1.165) is 0 Å². The number of rotatable bonds is 0. The van der Waals surface area contributed by atoms with Gasteiger partial charge in [-0.15, -0.1) is 0 Å². The van der Waals surface area contributed by atoms with Gasteiger partial charge in [-0.2, -0.15) is 0 Å². The first-order valence-electron chi connectivity index (χ1n) is 4.19. The maximum absolute atomic E-state index is 11.4. The Balaban J connectivity index is 2.72. The van der Waals surface area contributed by atoms with Gasteiger partial charge in [0.15, 0.2) is 0 Å². The zero-order chi connectivity index (χ0) is 9.41. The standard InChI is InChI=1S/C9H16O3/c1-8(2)5-7(10)6-9(3,4)12-11-8/h5-6H2,1-4H3. The summed E-state index contributed by atoms with van der Waals surface area (Å²) in [5, 5.41) is 0. The largest absolute Gasteiger partial charge is 0.299 e. The number of hydrogen-bond acceptors (Lipinski definition) is 3. The minimum atomic E-state index is -0.481. The molecule has 1 fully saturated rings. The molecule has 1 aliphatic heterocycles. The van der Waals surface area contributed by atoms with E-state index in [9.17, 15) is 4.79 Å². The van der Waals surface area contributed by atoms with Crippen molar-refractivity contribution in [3.05, 3.63) is 0 Å². The van der Waals surface area contributed by atoms with Crippen LogP contribution in [0, 0.1) is 0 Å². The summed E-state index contributed by atoms with van der Waals surface area (Å²) in [5.74, 6) is 0.197. The van der Waals surface area contributed by atoms with Crippen LogP contribution in [0.5, 0.6) is 0 Å². The van der Waals surface area contributed by atoms with E-state index in [1.807, 2.05) is 27.7 Å². The molecule has 0 atom stereocenters. The smallest absolute Gasteiger partial charge is 0.138 e. The Hall–Kier alpha value is -0.410. The summed E-state index contributed by atoms with van der Waals surface area (Å²) in [6, 6.07) is 0. The fraction of sp³-hybridized carbons (Fsp3) is 0.889. The first-order chi connectivity index (χ1) is 5.31. The van der Waals surface area contributed by atoms with Gasteiger partial charge in [0.1, 0.15) is 17.0 Å². The quantitative estimate of drug-likeness (QED) is 0.523. The van der Waals surface area contributed by atoms with Gasteiger partial charge in [0.05, 0.1) is 0 Å². The molecule has 0 aromatic carbocycles. The summed E-state index contributed by atoms with van der Waals surface area (Å²) in [6.07, 6.45) is 0.854. The summed E-state index contributed by atoms with van der Waals surface area (Å²) in [5.41, 5.74) is -0.963. The zero-order valence-corrected chi connectivity index (χ0v) is 8.14. The Labute approximate surface area is 73.0 Å². The summed E-state index contributed by atoms with van der Waals surface area (Å²) in [4.78, 5) is 21.7. The predicted molar refractivity (Wildman–Crippen MR) is 44.6 cm³/mol. The lowest BCUT2D eigenvalue weighted by Crippen LogP contribution is -2.27. The molecule has 0 aliphatic carbocycles. The molecule has 0 aromatic heterocycles. The summed E-state index contributed by atoms with van der Waals surface area (Å²) < 4.78 is 0. The fourth-order valence-electron chi connectivity index (χ4n) is 1.30. The molecule has 0 bridgehead atoms. The molecule has 12 heavy (non-hydrogen) atoms. The van der Waals surface area contributed by atoms with Crippen LogP contribution >= 0.6 is 0 Å². The van der Waals surface area contributed by atoms with E-state index in [1.165, 1.54) is 0 Å². The van der Waals surface area contributed by atoms with Gasteiger partial charge in [-0.05, 0) is 27.7 Å². The van der Waals surface area contributed by atoms with Gasteiger partial charge in [-0.1, -0.05) is 0 Å². The third-order valence-corrected chi connectivity index (χ3v) is 1.74. The van der Waals surface area contributed by atoms with Gasteiger partial charge in [0.2, 0.25) is 0 Å². The lowest BCUT2D eigenvalue weighted by Gasteiger charge is -2.23. The van der Waals surface area contributed by atoms with Crippen LogP contribution in [0.15, 0.2) is 0 Å². The number of hydrogen-bond donors (Lipinski definition) is 0. The Morgan fingerprint density at radius 2 is 1.33 bits per heavy atom. The van der Waals surface area contributed by atoms with Crippen LogP contribution in [0.3, 0.4) is 0 Å². The van der Waals surface area contributed by atoms with Crippen molar-refractivity contribution in [3.63, 3.8) is 0 Å². The molecule has 3 nitrogen and oxygen atoms in total. The van der Waals surface area contributed by atoms with Crippen molar-refractivity contribution in [1.82, 2.24) is 0 Å². The van der Waals surface area contributed by atoms with Gasteiger partial charge >= 0.3 is 0 Å². The van der Waals surface area contributed by atoms with Gasteiger partial charge in [-0.3, -0.25) is 4.79 Å². The monoisotopic (exact) mass is 172 g/mol. The topological polar surface area (TPSA) is 35.5 Å². The van der Waals surface area contributed by atoms with E-state index in [-0.39, 0.29) is 5.78 Å². The molecule has 70 valence electrons. The fourth-order valence-corrected chi connectivity index (χ4v) is 1.30. The highest BCUT2D eigenvalue weighted by molar-refractivity contribution is 5.80. The van der Waals surface area contributed by atoms with Crippen LogP contribution in [-0.4, -0.2) is 17.0 Å². The number of carbonyl (C=O) groups is 1. The van der Waals surface area contributed by atoms with E-state index >= 15 is 0 Å². The van der Waals surface area contributed by atoms with Crippen molar-refractivity contribution >= 4 is 5.78 Å². The van der Waals surface area contributed by atoms with E-state index in [0.29, 0.717) is 12.8 Å². The van der Waals surface area contributed by atoms with Crippen LogP contribution in [0.2, 0.25) is 0 Å². The summed E-state index contributed by atoms with van der Waals surface area (Å²) in [7, 11) is 0. The van der Waals surface area contributed by atoms with Crippen LogP contribution in [0.1, 0.15) is 40.5 Å². The maximum Gasteiger partial charge on any atom is 0.138 e. The van der Waals surface area contributed by atoms with Gasteiger partial charge < -0.3 is 0 Å². The first-order valence-corrected chi connectivity index (χ1v) is 4.19. The van der Waals surface area contributed by atoms with Crippen molar-refractivity contribution in [2.75, 3.05) is 0 Å². The van der Waals surface area contributed by atoms with E-state index < -0.39 is 11.2 Å². The van der Waals surface area contributed by atoms with Gasteiger partial charge in [0, 0.05) is 12.8 Å². The molecule has 0 unspecified atom stereocenters. The lowest BCUT2D eigenvalue weighted by molar-refractivity contribution is -0.393. The molecule has 0 amide bonds. The highest BCUT2D eigenvalue weighted by atomic mass is 17.2. The molecule has 1 saturated heterocycles. The Morgan fingerprint density at radius 3 is 1.67 bits per heavy atom. The Morgan fingerprint density at radius 1 is 1.00 bits per heavy atom. The van der Waals surface area contributed by atoms with Crippen molar-refractivity contribution in [1.29, 1.82) is 0 Å². The average molecular weight is 172 g/mol. The molecular weight excluding hydrogens is 156 g/mol. The molecule has 1 heterocycles. The van der Waals surface area contributed by atoms with Crippen molar-refractivity contribution in [2.45, 2.75) is 51.7 Å². The van der Waals surface area contributed by atoms with Gasteiger partial charge in [-0.25, -0.2) is 9.78 Å². The van der Waals surface area contributed by atoms with Crippen LogP contribution in [-0.2, 0) is 14.6 Å². The Bertz CT molecular complexity index is 174. The molecule has 3 heteroatoms. The van der Waals surface area contributed by atoms with Crippen LogP contribution in [0.25, 0.3) is 0 Å². The van der Waals surface area contributed by atoms with Crippen molar-refractivity contribution in [3.8, 4) is 0 Å². The first kappa shape index (κ1) is 9.68. The zero-order valence-electron chi connectivity index (χ0n) is 8.14. The molecule has 0 saturated carbocycles. The summed E-state index contributed by atoms with van der Waals surface area (Å²) in [6.45, 7) is 7.41. The lowest BCUT2D eigenvalue weighted by atomic mass is 9.95. The van der Waals surface area contributed by atoms with E-state index in [2.05, 4.69) is 0 Å². The molecular formula is C9H16O3. The Kier molecular flexibility index (Phi) is 2.27. The average Bonchev–Trinajstić information content (AvgIpc) is 1.87. The third-order valence-electron chi connectivity index (χ3n) is 1.74. The third kappa shape index (κ3) is 2.57.